The topological polar surface area (TPSA) is 46.9 Å². The number of nitrogens with one attached hydrogen (secondary N) is 1. The molecule has 0 spiro atoms. The monoisotopic (exact) mass is 365 g/mol. The first-order chi connectivity index (χ1) is 12.7. The van der Waals surface area contributed by atoms with Crippen molar-refractivity contribution in [1.82, 2.24) is 15.1 Å². The summed E-state index contributed by atoms with van der Waals surface area (Å²) in [5.41, 5.74) is 3.09. The summed E-state index contributed by atoms with van der Waals surface area (Å²) in [5, 5.41) is 7.85. The highest BCUT2D eigenvalue weighted by Gasteiger charge is 2.14. The van der Waals surface area contributed by atoms with Gasteiger partial charge in [-0.3, -0.25) is 9.48 Å². The summed E-state index contributed by atoms with van der Waals surface area (Å²) in [4.78, 5) is 12.9. The maximum Gasteiger partial charge on any atom is 0.252 e. The molecule has 0 unspecified atom stereocenters. The van der Waals surface area contributed by atoms with Crippen molar-refractivity contribution >= 4 is 29.2 Å². The predicted molar refractivity (Wildman–Crippen MR) is 106 cm³/mol. The Hall–Kier alpha value is -2.85. The first kappa shape index (κ1) is 18.0. The number of halogens is 1. The minimum Gasteiger partial charge on any atom is -0.346 e. The molecule has 0 atom stereocenters. The van der Waals surface area contributed by atoms with Gasteiger partial charge in [-0.05, 0) is 24.1 Å². The number of aryl methyl sites for hydroxylation is 1. The summed E-state index contributed by atoms with van der Waals surface area (Å²) in [5.74, 6) is -0.165. The van der Waals surface area contributed by atoms with Gasteiger partial charge in [0.2, 0.25) is 0 Å². The molecule has 0 aliphatic heterocycles. The van der Waals surface area contributed by atoms with Crippen LogP contribution in [0.1, 0.15) is 23.7 Å². The molecule has 5 heteroatoms. The standard InChI is InChI=1S/C21H20ClN3O/c1-2-25-15-19(22)20(24-25)14-23-21(26)18(17-11-7-4-8-12-17)13-16-9-5-3-6-10-16/h3-13,15H,2,14H2,1H3,(H,23,26)/b18-13-. The van der Waals surface area contributed by atoms with Crippen LogP contribution in [0.25, 0.3) is 11.6 Å². The van der Waals surface area contributed by atoms with E-state index in [0.717, 1.165) is 17.7 Å². The molecule has 4 nitrogen and oxygen atoms in total. The summed E-state index contributed by atoms with van der Waals surface area (Å²) in [6.07, 6.45) is 3.65. The van der Waals surface area contributed by atoms with Crippen molar-refractivity contribution in [3.05, 3.63) is 88.7 Å². The molecule has 0 saturated heterocycles. The second kappa shape index (κ2) is 8.50. The number of nitrogens with zero attached hydrogens (tertiary/aromatic N) is 2. The van der Waals surface area contributed by atoms with E-state index >= 15 is 0 Å². The van der Waals surface area contributed by atoms with Crippen LogP contribution in [0, 0.1) is 0 Å². The van der Waals surface area contributed by atoms with Gasteiger partial charge in [0, 0.05) is 18.3 Å². The molecule has 2 aromatic carbocycles. The van der Waals surface area contributed by atoms with Gasteiger partial charge in [-0.25, -0.2) is 0 Å². The molecule has 0 saturated carbocycles. The Kier molecular flexibility index (Phi) is 5.87. The van der Waals surface area contributed by atoms with Gasteiger partial charge in [0.1, 0.15) is 5.69 Å². The Morgan fingerprint density at radius 3 is 2.38 bits per heavy atom. The van der Waals surface area contributed by atoms with Crippen molar-refractivity contribution in [2.75, 3.05) is 0 Å². The highest BCUT2D eigenvalue weighted by Crippen LogP contribution is 2.19. The lowest BCUT2D eigenvalue weighted by atomic mass is 10.0. The van der Waals surface area contributed by atoms with Crippen molar-refractivity contribution < 1.29 is 4.79 Å². The fourth-order valence-electron chi connectivity index (χ4n) is 2.59. The van der Waals surface area contributed by atoms with Crippen LogP contribution >= 0.6 is 11.6 Å². The van der Waals surface area contributed by atoms with Crippen molar-refractivity contribution in [3.8, 4) is 0 Å². The average Bonchev–Trinajstić information content (AvgIpc) is 3.05. The maximum atomic E-state index is 12.9. The van der Waals surface area contributed by atoms with Gasteiger partial charge in [-0.2, -0.15) is 5.10 Å². The van der Waals surface area contributed by atoms with Crippen LogP contribution in [-0.4, -0.2) is 15.7 Å². The second-order valence-corrected chi connectivity index (χ2v) is 6.20. The van der Waals surface area contributed by atoms with E-state index in [4.69, 9.17) is 11.6 Å². The van der Waals surface area contributed by atoms with E-state index in [1.807, 2.05) is 73.7 Å². The third-order valence-electron chi connectivity index (χ3n) is 3.97. The number of carbonyl (C=O) groups is 1. The Bertz CT molecular complexity index is 902. The zero-order valence-corrected chi connectivity index (χ0v) is 15.3. The van der Waals surface area contributed by atoms with Crippen molar-refractivity contribution in [2.24, 2.45) is 0 Å². The highest BCUT2D eigenvalue weighted by molar-refractivity contribution is 6.31. The number of benzene rings is 2. The lowest BCUT2D eigenvalue weighted by Crippen LogP contribution is -2.24. The van der Waals surface area contributed by atoms with Crippen LogP contribution in [0.3, 0.4) is 0 Å². The smallest absolute Gasteiger partial charge is 0.252 e. The summed E-state index contributed by atoms with van der Waals surface area (Å²) in [6, 6.07) is 19.4. The molecule has 0 bridgehead atoms. The molecule has 1 amide bonds. The zero-order valence-electron chi connectivity index (χ0n) is 14.5. The summed E-state index contributed by atoms with van der Waals surface area (Å²) in [6.45, 7) is 3.00. The van der Waals surface area contributed by atoms with E-state index in [1.54, 1.807) is 10.9 Å². The molecule has 3 rings (SSSR count). The van der Waals surface area contributed by atoms with Gasteiger partial charge >= 0.3 is 0 Å². The molecule has 26 heavy (non-hydrogen) atoms. The number of rotatable bonds is 6. The number of hydrogen-bond acceptors (Lipinski definition) is 2. The SMILES string of the molecule is CCn1cc(Cl)c(CNC(=O)/C(=C\c2ccccc2)c2ccccc2)n1. The van der Waals surface area contributed by atoms with E-state index in [1.165, 1.54) is 0 Å². The van der Waals surface area contributed by atoms with E-state index in [2.05, 4.69) is 10.4 Å². The molecular formula is C21H20ClN3O. The summed E-state index contributed by atoms with van der Waals surface area (Å²) >= 11 is 6.18. The predicted octanol–water partition coefficient (Wildman–Crippen LogP) is 4.41. The Morgan fingerprint density at radius 2 is 1.77 bits per heavy atom. The molecule has 0 aliphatic rings. The number of carbonyl (C=O) groups excluding carboxylic acids is 1. The Balaban J connectivity index is 1.83. The molecule has 1 N–H and O–H groups in total. The molecule has 0 fully saturated rings. The fourth-order valence-corrected chi connectivity index (χ4v) is 2.81. The molecule has 132 valence electrons. The van der Waals surface area contributed by atoms with Crippen molar-refractivity contribution in [3.63, 3.8) is 0 Å². The molecule has 1 aromatic heterocycles. The molecule has 0 aliphatic carbocycles. The van der Waals surface area contributed by atoms with Gasteiger partial charge in [0.05, 0.1) is 11.6 Å². The van der Waals surface area contributed by atoms with Crippen LogP contribution in [0.15, 0.2) is 66.9 Å². The lowest BCUT2D eigenvalue weighted by molar-refractivity contribution is -0.115. The zero-order chi connectivity index (χ0) is 18.4. The minimum absolute atomic E-state index is 0.165. The number of hydrogen-bond donors (Lipinski definition) is 1. The Morgan fingerprint density at radius 1 is 1.12 bits per heavy atom. The van der Waals surface area contributed by atoms with E-state index < -0.39 is 0 Å². The van der Waals surface area contributed by atoms with Gasteiger partial charge < -0.3 is 5.32 Å². The molecule has 3 aromatic rings. The van der Waals surface area contributed by atoms with Crippen molar-refractivity contribution in [1.29, 1.82) is 0 Å². The second-order valence-electron chi connectivity index (χ2n) is 5.80. The van der Waals surface area contributed by atoms with Gasteiger partial charge in [0.15, 0.2) is 0 Å². The molecular weight excluding hydrogens is 346 g/mol. The van der Waals surface area contributed by atoms with Crippen LogP contribution in [-0.2, 0) is 17.9 Å². The summed E-state index contributed by atoms with van der Waals surface area (Å²) in [7, 11) is 0. The Labute approximate surface area is 158 Å². The first-order valence-electron chi connectivity index (χ1n) is 8.49. The fraction of sp³-hybridized carbons (Fsp3) is 0.143. The van der Waals surface area contributed by atoms with E-state index in [9.17, 15) is 4.79 Å². The van der Waals surface area contributed by atoms with E-state index in [-0.39, 0.29) is 12.5 Å². The number of amides is 1. The number of aromatic nitrogens is 2. The normalized spacial score (nSPS) is 11.4. The average molecular weight is 366 g/mol. The van der Waals surface area contributed by atoms with Crippen LogP contribution in [0.2, 0.25) is 5.02 Å². The van der Waals surface area contributed by atoms with Crippen LogP contribution in [0.5, 0.6) is 0 Å². The maximum absolute atomic E-state index is 12.9. The largest absolute Gasteiger partial charge is 0.346 e. The minimum atomic E-state index is -0.165. The van der Waals surface area contributed by atoms with Gasteiger partial charge in [0.25, 0.3) is 5.91 Å². The van der Waals surface area contributed by atoms with Gasteiger partial charge in [-0.1, -0.05) is 72.3 Å². The van der Waals surface area contributed by atoms with E-state index in [0.29, 0.717) is 16.3 Å². The third kappa shape index (κ3) is 4.41. The lowest BCUT2D eigenvalue weighted by Gasteiger charge is -2.09. The van der Waals surface area contributed by atoms with Crippen LogP contribution in [0.4, 0.5) is 0 Å². The third-order valence-corrected chi connectivity index (χ3v) is 4.28. The molecule has 0 radical (unpaired) electrons. The van der Waals surface area contributed by atoms with Gasteiger partial charge in [-0.15, -0.1) is 0 Å². The highest BCUT2D eigenvalue weighted by atomic mass is 35.5. The summed E-state index contributed by atoms with van der Waals surface area (Å²) < 4.78 is 1.75. The van der Waals surface area contributed by atoms with Crippen molar-refractivity contribution in [2.45, 2.75) is 20.0 Å². The van der Waals surface area contributed by atoms with Crippen LogP contribution < -0.4 is 5.32 Å². The molecule has 1 heterocycles. The first-order valence-corrected chi connectivity index (χ1v) is 8.87. The quantitative estimate of drug-likeness (QED) is 0.519.